The van der Waals surface area contributed by atoms with Crippen molar-refractivity contribution >= 4 is 34.7 Å². The lowest BCUT2D eigenvalue weighted by Gasteiger charge is -2.30. The number of hydrogen-bond acceptors (Lipinski definition) is 7. The smallest absolute Gasteiger partial charge is 0.247 e. The van der Waals surface area contributed by atoms with Crippen LogP contribution >= 0.6 is 23.1 Å². The van der Waals surface area contributed by atoms with Crippen molar-refractivity contribution in [1.29, 1.82) is 0 Å². The van der Waals surface area contributed by atoms with Crippen LogP contribution in [0.4, 0.5) is 5.69 Å². The summed E-state index contributed by atoms with van der Waals surface area (Å²) in [5, 5.41) is 13.3. The SMILES string of the molecule is CCCCSc1nnc2c(n1)OC(c1ccsc1)N(C(=O)CC)c1ccccc1-2. The Kier molecular flexibility index (Phi) is 6.10. The first-order chi connectivity index (χ1) is 14.2. The van der Waals surface area contributed by atoms with E-state index < -0.39 is 6.23 Å². The van der Waals surface area contributed by atoms with E-state index in [0.29, 0.717) is 23.2 Å². The first kappa shape index (κ1) is 19.8. The number of benzene rings is 1. The number of rotatable bonds is 6. The molecule has 3 aromatic rings. The predicted octanol–water partition coefficient (Wildman–Crippen LogP) is 5.33. The van der Waals surface area contributed by atoms with Crippen molar-refractivity contribution < 1.29 is 9.53 Å². The number of para-hydroxylation sites is 1. The van der Waals surface area contributed by atoms with Crippen LogP contribution in [0.3, 0.4) is 0 Å². The molecule has 0 bridgehead atoms. The van der Waals surface area contributed by atoms with E-state index in [9.17, 15) is 4.79 Å². The summed E-state index contributed by atoms with van der Waals surface area (Å²) < 4.78 is 6.35. The van der Waals surface area contributed by atoms with Gasteiger partial charge >= 0.3 is 0 Å². The van der Waals surface area contributed by atoms with E-state index in [-0.39, 0.29) is 5.91 Å². The zero-order valence-corrected chi connectivity index (χ0v) is 18.0. The van der Waals surface area contributed by atoms with Gasteiger partial charge in [0.25, 0.3) is 0 Å². The Labute approximate surface area is 178 Å². The molecule has 0 radical (unpaired) electrons. The number of fused-ring (bicyclic) bond motifs is 3. The number of aromatic nitrogens is 3. The second-order valence-electron chi connectivity index (χ2n) is 6.61. The van der Waals surface area contributed by atoms with Crippen LogP contribution in [-0.4, -0.2) is 26.8 Å². The number of ether oxygens (including phenoxy) is 1. The number of amides is 1. The van der Waals surface area contributed by atoms with Crippen molar-refractivity contribution in [1.82, 2.24) is 15.2 Å². The number of carbonyl (C=O) groups is 1. The molecule has 150 valence electrons. The van der Waals surface area contributed by atoms with Gasteiger partial charge in [-0.2, -0.15) is 16.3 Å². The number of unbranched alkanes of at least 4 members (excludes halogenated alkanes) is 1. The van der Waals surface area contributed by atoms with Gasteiger partial charge in [0.2, 0.25) is 23.2 Å². The first-order valence-electron chi connectivity index (χ1n) is 9.70. The van der Waals surface area contributed by atoms with Crippen LogP contribution in [0.1, 0.15) is 44.9 Å². The van der Waals surface area contributed by atoms with Crippen molar-refractivity contribution in [3.05, 3.63) is 46.7 Å². The second kappa shape index (κ2) is 8.92. The molecule has 0 spiro atoms. The molecule has 8 heteroatoms. The van der Waals surface area contributed by atoms with Crippen LogP contribution in [0.15, 0.2) is 46.2 Å². The third-order valence-corrected chi connectivity index (χ3v) is 6.27. The van der Waals surface area contributed by atoms with Gasteiger partial charge in [-0.05, 0) is 29.3 Å². The van der Waals surface area contributed by atoms with E-state index in [2.05, 4.69) is 22.1 Å². The Morgan fingerprint density at radius 2 is 2.10 bits per heavy atom. The van der Waals surface area contributed by atoms with Gasteiger partial charge < -0.3 is 4.74 Å². The molecule has 0 N–H and O–H groups in total. The lowest BCUT2D eigenvalue weighted by Crippen LogP contribution is -2.37. The van der Waals surface area contributed by atoms with Gasteiger partial charge in [-0.3, -0.25) is 9.69 Å². The molecule has 4 rings (SSSR count). The summed E-state index contributed by atoms with van der Waals surface area (Å²) in [6, 6.07) is 9.68. The number of thioether (sulfide) groups is 1. The molecule has 1 aliphatic heterocycles. The summed E-state index contributed by atoms with van der Waals surface area (Å²) >= 11 is 3.14. The number of anilines is 1. The lowest BCUT2D eigenvalue weighted by molar-refractivity contribution is -0.120. The van der Waals surface area contributed by atoms with Crippen LogP contribution in [0.5, 0.6) is 5.88 Å². The summed E-state index contributed by atoms with van der Waals surface area (Å²) in [5.74, 6) is 1.32. The molecule has 1 aromatic carbocycles. The zero-order valence-electron chi connectivity index (χ0n) is 16.4. The maximum Gasteiger partial charge on any atom is 0.247 e. The summed E-state index contributed by atoms with van der Waals surface area (Å²) in [5.41, 5.74) is 3.04. The van der Waals surface area contributed by atoms with Gasteiger partial charge in [-0.1, -0.05) is 50.2 Å². The summed E-state index contributed by atoms with van der Waals surface area (Å²) in [6.45, 7) is 4.01. The fourth-order valence-electron chi connectivity index (χ4n) is 3.15. The van der Waals surface area contributed by atoms with E-state index in [1.807, 2.05) is 48.0 Å². The summed E-state index contributed by atoms with van der Waals surface area (Å²) in [6.07, 6.45) is 1.97. The van der Waals surface area contributed by atoms with Gasteiger partial charge in [0.1, 0.15) is 0 Å². The number of thiophene rings is 1. The van der Waals surface area contributed by atoms with Crippen molar-refractivity contribution in [2.24, 2.45) is 0 Å². The minimum absolute atomic E-state index is 0.0213. The Hall–Kier alpha value is -2.45. The lowest BCUT2D eigenvalue weighted by atomic mass is 10.1. The van der Waals surface area contributed by atoms with Gasteiger partial charge in [0.15, 0.2) is 5.69 Å². The van der Waals surface area contributed by atoms with Crippen LogP contribution in [-0.2, 0) is 4.79 Å². The average Bonchev–Trinajstić information content (AvgIpc) is 3.24. The summed E-state index contributed by atoms with van der Waals surface area (Å²) in [4.78, 5) is 19.3. The van der Waals surface area contributed by atoms with E-state index in [4.69, 9.17) is 4.74 Å². The van der Waals surface area contributed by atoms with Gasteiger partial charge in [0.05, 0.1) is 5.69 Å². The van der Waals surface area contributed by atoms with E-state index in [0.717, 1.165) is 35.4 Å². The molecule has 1 atom stereocenters. The highest BCUT2D eigenvalue weighted by molar-refractivity contribution is 7.99. The molecule has 6 nitrogen and oxygen atoms in total. The normalized spacial score (nSPS) is 15.2. The topological polar surface area (TPSA) is 68.2 Å². The molecule has 0 saturated carbocycles. The van der Waals surface area contributed by atoms with E-state index in [1.165, 1.54) is 0 Å². The monoisotopic (exact) mass is 426 g/mol. The quantitative estimate of drug-likeness (QED) is 0.392. The molecule has 1 unspecified atom stereocenters. The average molecular weight is 427 g/mol. The molecule has 3 heterocycles. The van der Waals surface area contributed by atoms with Gasteiger partial charge in [-0.25, -0.2) is 0 Å². The second-order valence-corrected chi connectivity index (χ2v) is 8.45. The number of hydrogen-bond donors (Lipinski definition) is 0. The number of nitrogens with zero attached hydrogens (tertiary/aromatic N) is 4. The minimum Gasteiger partial charge on any atom is -0.447 e. The predicted molar refractivity (Wildman–Crippen MR) is 116 cm³/mol. The molecule has 0 fully saturated rings. The molecule has 1 aliphatic rings. The van der Waals surface area contributed by atoms with E-state index >= 15 is 0 Å². The summed E-state index contributed by atoms with van der Waals surface area (Å²) in [7, 11) is 0. The standard InChI is InChI=1S/C21H22N4O2S2/c1-3-5-11-29-21-22-19-18(23-24-21)15-8-6-7-9-16(15)25(17(26)4-2)20(27-19)14-10-12-28-13-14/h6-10,12-13,20H,3-5,11H2,1-2H3. The Morgan fingerprint density at radius 3 is 2.86 bits per heavy atom. The Morgan fingerprint density at radius 1 is 1.24 bits per heavy atom. The Bertz CT molecular complexity index is 994. The minimum atomic E-state index is -0.596. The highest BCUT2D eigenvalue weighted by Gasteiger charge is 2.35. The largest absolute Gasteiger partial charge is 0.447 e. The van der Waals surface area contributed by atoms with Crippen molar-refractivity contribution in [2.45, 2.75) is 44.5 Å². The molecular formula is C21H22N4O2S2. The van der Waals surface area contributed by atoms with Crippen LogP contribution in [0.2, 0.25) is 0 Å². The molecule has 2 aromatic heterocycles. The highest BCUT2D eigenvalue weighted by atomic mass is 32.2. The zero-order chi connectivity index (χ0) is 20.2. The van der Waals surface area contributed by atoms with E-state index in [1.54, 1.807) is 28.0 Å². The molecule has 29 heavy (non-hydrogen) atoms. The number of carbonyl (C=O) groups excluding carboxylic acids is 1. The fraction of sp³-hybridized carbons (Fsp3) is 0.333. The van der Waals surface area contributed by atoms with Gasteiger partial charge in [-0.15, -0.1) is 10.2 Å². The maximum atomic E-state index is 13.0. The third-order valence-electron chi connectivity index (χ3n) is 4.64. The molecule has 1 amide bonds. The van der Waals surface area contributed by atoms with Crippen molar-refractivity contribution in [2.75, 3.05) is 10.7 Å². The molecule has 0 aliphatic carbocycles. The first-order valence-corrected chi connectivity index (χ1v) is 11.6. The maximum absolute atomic E-state index is 13.0. The van der Waals surface area contributed by atoms with Crippen molar-refractivity contribution in [3.63, 3.8) is 0 Å². The van der Waals surface area contributed by atoms with Crippen LogP contribution in [0, 0.1) is 0 Å². The van der Waals surface area contributed by atoms with Crippen molar-refractivity contribution in [3.8, 4) is 17.1 Å². The molecular weight excluding hydrogens is 404 g/mol. The van der Waals surface area contributed by atoms with Crippen LogP contribution in [0.25, 0.3) is 11.3 Å². The molecule has 0 saturated heterocycles. The van der Waals surface area contributed by atoms with Crippen LogP contribution < -0.4 is 9.64 Å². The fourth-order valence-corrected chi connectivity index (χ4v) is 4.68. The third kappa shape index (κ3) is 4.00. The Balaban J connectivity index is 1.84. The van der Waals surface area contributed by atoms with Gasteiger partial charge in [0, 0.05) is 23.3 Å². The highest BCUT2D eigenvalue weighted by Crippen LogP contribution is 2.43.